The molecule has 0 radical (unpaired) electrons. The monoisotopic (exact) mass is 345 g/mol. The Hall–Kier alpha value is -2.07. The van der Waals surface area contributed by atoms with Crippen molar-refractivity contribution in [2.24, 2.45) is 0 Å². The lowest BCUT2D eigenvalue weighted by Gasteiger charge is -2.13. The molecule has 0 amide bonds. The van der Waals surface area contributed by atoms with Crippen molar-refractivity contribution < 1.29 is 21.6 Å². The second kappa shape index (κ2) is 5.97. The Morgan fingerprint density at radius 2 is 2.00 bits per heavy atom. The predicted molar refractivity (Wildman–Crippen MR) is 80.1 cm³/mol. The van der Waals surface area contributed by atoms with Crippen LogP contribution in [-0.4, -0.2) is 39.7 Å². The van der Waals surface area contributed by atoms with E-state index in [1.165, 1.54) is 30.6 Å². The van der Waals surface area contributed by atoms with E-state index in [0.717, 1.165) is 6.26 Å². The fourth-order valence-electron chi connectivity index (χ4n) is 1.68. The number of aromatic nitrogens is 2. The number of sulfone groups is 1. The first kappa shape index (κ1) is 16.3. The summed E-state index contributed by atoms with van der Waals surface area (Å²) in [5.74, 6) is 0.126. The van der Waals surface area contributed by atoms with Gasteiger partial charge in [-0.2, -0.15) is 8.42 Å². The van der Waals surface area contributed by atoms with Gasteiger partial charge in [0.05, 0.1) is 17.2 Å². The van der Waals surface area contributed by atoms with E-state index in [4.69, 9.17) is 4.74 Å². The van der Waals surface area contributed by atoms with E-state index in [-0.39, 0.29) is 28.1 Å². The molecule has 0 bridgehead atoms. The second-order valence-electron chi connectivity index (χ2n) is 4.36. The average Bonchev–Trinajstić information content (AvgIpc) is 2.94. The lowest BCUT2D eigenvalue weighted by atomic mass is 10.3. The van der Waals surface area contributed by atoms with Crippen molar-refractivity contribution >= 4 is 25.5 Å². The number of imidazole rings is 1. The maximum Gasteiger partial charge on any atom is 0.295 e. The number of H-pyrrole nitrogens is 1. The predicted octanol–water partition coefficient (Wildman–Crippen LogP) is 1.01. The number of anilines is 1. The van der Waals surface area contributed by atoms with E-state index in [1.807, 2.05) is 0 Å². The Morgan fingerprint density at radius 3 is 2.55 bits per heavy atom. The molecule has 0 unspecified atom stereocenters. The molecule has 2 N–H and O–H groups in total. The average molecular weight is 345 g/mol. The zero-order valence-corrected chi connectivity index (χ0v) is 13.5. The van der Waals surface area contributed by atoms with Crippen LogP contribution in [0.3, 0.4) is 0 Å². The van der Waals surface area contributed by atoms with E-state index in [9.17, 15) is 16.8 Å². The molecular weight excluding hydrogens is 330 g/mol. The normalized spacial score (nSPS) is 12.1. The van der Waals surface area contributed by atoms with Crippen LogP contribution in [0, 0.1) is 0 Å². The molecule has 0 saturated heterocycles. The van der Waals surface area contributed by atoms with Crippen LogP contribution < -0.4 is 9.46 Å². The molecule has 2 aromatic rings. The molecule has 0 aliphatic rings. The molecule has 22 heavy (non-hydrogen) atoms. The van der Waals surface area contributed by atoms with Crippen LogP contribution in [0.1, 0.15) is 6.92 Å². The molecule has 1 aromatic heterocycles. The van der Waals surface area contributed by atoms with Crippen LogP contribution in [0.25, 0.3) is 0 Å². The fourth-order valence-corrected chi connectivity index (χ4v) is 3.30. The summed E-state index contributed by atoms with van der Waals surface area (Å²) in [5.41, 5.74) is 0.130. The van der Waals surface area contributed by atoms with Crippen molar-refractivity contribution in [3.8, 4) is 5.75 Å². The first-order valence-corrected chi connectivity index (χ1v) is 9.60. The summed E-state index contributed by atoms with van der Waals surface area (Å²) in [4.78, 5) is 6.20. The van der Waals surface area contributed by atoms with Gasteiger partial charge in [-0.05, 0) is 19.1 Å². The Bertz CT molecular complexity index is 858. The van der Waals surface area contributed by atoms with Gasteiger partial charge in [-0.3, -0.25) is 4.72 Å². The third-order valence-electron chi connectivity index (χ3n) is 2.65. The number of nitrogens with one attached hydrogen (secondary N) is 2. The van der Waals surface area contributed by atoms with Crippen molar-refractivity contribution in [2.75, 3.05) is 17.6 Å². The van der Waals surface area contributed by atoms with E-state index in [2.05, 4.69) is 14.7 Å². The van der Waals surface area contributed by atoms with E-state index in [0.29, 0.717) is 0 Å². The van der Waals surface area contributed by atoms with Crippen LogP contribution in [-0.2, 0) is 19.9 Å². The van der Waals surface area contributed by atoms with Gasteiger partial charge in [0.15, 0.2) is 9.84 Å². The Balaban J connectivity index is 2.43. The largest absolute Gasteiger partial charge is 0.492 e. The van der Waals surface area contributed by atoms with Gasteiger partial charge in [0.25, 0.3) is 10.0 Å². The minimum Gasteiger partial charge on any atom is -0.492 e. The number of hydrogen-bond donors (Lipinski definition) is 2. The number of sulfonamides is 1. The summed E-state index contributed by atoms with van der Waals surface area (Å²) in [6.45, 7) is 1.96. The van der Waals surface area contributed by atoms with Crippen LogP contribution in [0.5, 0.6) is 5.75 Å². The maximum atomic E-state index is 12.1. The third-order valence-corrected chi connectivity index (χ3v) is 4.98. The third kappa shape index (κ3) is 3.57. The van der Waals surface area contributed by atoms with Crippen molar-refractivity contribution in [3.63, 3.8) is 0 Å². The van der Waals surface area contributed by atoms with Gasteiger partial charge in [-0.25, -0.2) is 13.4 Å². The number of benzene rings is 1. The highest BCUT2D eigenvalue weighted by molar-refractivity contribution is 7.92. The highest BCUT2D eigenvalue weighted by Crippen LogP contribution is 2.29. The van der Waals surface area contributed by atoms with Crippen LogP contribution >= 0.6 is 0 Å². The number of ether oxygens (including phenoxy) is 1. The molecular formula is C12H15N3O5S2. The van der Waals surface area contributed by atoms with E-state index < -0.39 is 19.9 Å². The topological polar surface area (TPSA) is 118 Å². The highest BCUT2D eigenvalue weighted by atomic mass is 32.2. The summed E-state index contributed by atoms with van der Waals surface area (Å²) >= 11 is 0. The fraction of sp³-hybridized carbons (Fsp3) is 0.250. The zero-order valence-electron chi connectivity index (χ0n) is 11.9. The minimum atomic E-state index is -3.91. The first-order valence-electron chi connectivity index (χ1n) is 6.23. The molecule has 0 saturated carbocycles. The lowest BCUT2D eigenvalue weighted by Crippen LogP contribution is -2.15. The smallest absolute Gasteiger partial charge is 0.295 e. The van der Waals surface area contributed by atoms with Gasteiger partial charge in [-0.1, -0.05) is 0 Å². The van der Waals surface area contributed by atoms with Crippen molar-refractivity contribution in [2.45, 2.75) is 17.0 Å². The summed E-state index contributed by atoms with van der Waals surface area (Å²) in [6.07, 6.45) is 3.75. The van der Waals surface area contributed by atoms with Crippen molar-refractivity contribution in [1.82, 2.24) is 9.97 Å². The number of rotatable bonds is 6. The standard InChI is InChI=1S/C12H15N3O5S2/c1-3-20-11-8-9(21(2,16)17)4-5-10(11)15-22(18,19)12-13-6-7-14-12/h4-8,15H,3H2,1-2H3,(H,13,14). The molecule has 0 spiro atoms. The van der Waals surface area contributed by atoms with Crippen LogP contribution in [0.15, 0.2) is 40.6 Å². The number of nitrogens with zero attached hydrogens (tertiary/aromatic N) is 1. The Labute approximate surface area is 128 Å². The SMILES string of the molecule is CCOc1cc(S(C)(=O)=O)ccc1NS(=O)(=O)c1ncc[nH]1. The van der Waals surface area contributed by atoms with Gasteiger partial charge < -0.3 is 9.72 Å². The van der Waals surface area contributed by atoms with E-state index in [1.54, 1.807) is 6.92 Å². The van der Waals surface area contributed by atoms with Gasteiger partial charge in [-0.15, -0.1) is 0 Å². The number of hydrogen-bond acceptors (Lipinski definition) is 6. The molecule has 8 nitrogen and oxygen atoms in total. The molecule has 0 fully saturated rings. The summed E-state index contributed by atoms with van der Waals surface area (Å²) in [6, 6.07) is 3.92. The lowest BCUT2D eigenvalue weighted by molar-refractivity contribution is 0.341. The maximum absolute atomic E-state index is 12.1. The molecule has 120 valence electrons. The first-order chi connectivity index (χ1) is 10.2. The van der Waals surface area contributed by atoms with Gasteiger partial charge in [0.1, 0.15) is 5.75 Å². The van der Waals surface area contributed by atoms with Gasteiger partial charge >= 0.3 is 0 Å². The van der Waals surface area contributed by atoms with Crippen LogP contribution in [0.2, 0.25) is 0 Å². The molecule has 0 atom stereocenters. The van der Waals surface area contributed by atoms with Crippen LogP contribution in [0.4, 0.5) is 5.69 Å². The molecule has 2 rings (SSSR count). The Morgan fingerprint density at radius 1 is 1.27 bits per heavy atom. The summed E-state index contributed by atoms with van der Waals surface area (Å²) in [5, 5.41) is -0.248. The molecule has 10 heteroatoms. The molecule has 0 aliphatic carbocycles. The van der Waals surface area contributed by atoms with Crippen molar-refractivity contribution in [1.29, 1.82) is 0 Å². The summed E-state index contributed by atoms with van der Waals surface area (Å²) in [7, 11) is -7.33. The Kier molecular flexibility index (Phi) is 4.42. The zero-order chi connectivity index (χ0) is 16.4. The molecule has 1 heterocycles. The highest BCUT2D eigenvalue weighted by Gasteiger charge is 2.20. The number of aromatic amines is 1. The van der Waals surface area contributed by atoms with Crippen molar-refractivity contribution in [3.05, 3.63) is 30.6 Å². The molecule has 1 aromatic carbocycles. The molecule has 0 aliphatic heterocycles. The van der Waals surface area contributed by atoms with Gasteiger partial charge in [0, 0.05) is 24.7 Å². The second-order valence-corrected chi connectivity index (χ2v) is 7.98. The quantitative estimate of drug-likeness (QED) is 0.807. The summed E-state index contributed by atoms with van der Waals surface area (Å²) < 4.78 is 55.0. The minimum absolute atomic E-state index is 0.0388. The van der Waals surface area contributed by atoms with E-state index >= 15 is 0 Å². The van der Waals surface area contributed by atoms with Gasteiger partial charge in [0.2, 0.25) is 5.16 Å².